The summed E-state index contributed by atoms with van der Waals surface area (Å²) in [6.45, 7) is 2.33. The summed E-state index contributed by atoms with van der Waals surface area (Å²) in [6, 6.07) is 16.3. The molecule has 2 aromatic carbocycles. The summed E-state index contributed by atoms with van der Waals surface area (Å²) in [5, 5.41) is 22.8. The van der Waals surface area contributed by atoms with E-state index in [-0.39, 0.29) is 0 Å². The molecule has 0 saturated carbocycles. The van der Waals surface area contributed by atoms with Crippen molar-refractivity contribution in [2.24, 2.45) is 0 Å². The number of likely N-dealkylation sites (tertiary alicyclic amines) is 1. The Balaban J connectivity index is 1.15. The lowest BCUT2D eigenvalue weighted by atomic mass is 9.84. The minimum Gasteiger partial charge on any atom is -0.491 e. The second kappa shape index (κ2) is 8.58. The van der Waals surface area contributed by atoms with Crippen molar-refractivity contribution in [2.75, 3.05) is 26.2 Å². The number of aryl methyl sites for hydroxylation is 1. The van der Waals surface area contributed by atoms with Crippen molar-refractivity contribution in [1.29, 1.82) is 0 Å². The Hall–Kier alpha value is -2.47. The van der Waals surface area contributed by atoms with E-state index >= 15 is 0 Å². The van der Waals surface area contributed by atoms with Crippen LogP contribution in [-0.4, -0.2) is 52.4 Å². The van der Waals surface area contributed by atoms with Crippen LogP contribution in [0.4, 0.5) is 0 Å². The molecule has 0 unspecified atom stereocenters. The number of benzene rings is 2. The number of piperidine rings is 1. The Kier molecular flexibility index (Phi) is 5.65. The molecular weight excluding hydrogens is 388 g/mol. The molecule has 0 bridgehead atoms. The van der Waals surface area contributed by atoms with E-state index in [4.69, 9.17) is 4.74 Å². The largest absolute Gasteiger partial charge is 0.491 e. The van der Waals surface area contributed by atoms with Gasteiger partial charge < -0.3 is 19.8 Å². The van der Waals surface area contributed by atoms with Gasteiger partial charge in [0.05, 0.1) is 11.1 Å². The summed E-state index contributed by atoms with van der Waals surface area (Å²) in [4.78, 5) is 6.73. The first kappa shape index (κ1) is 20.4. The molecule has 3 aromatic rings. The van der Waals surface area contributed by atoms with Crippen LogP contribution in [0.25, 0.3) is 10.9 Å². The van der Waals surface area contributed by atoms with E-state index in [1.54, 1.807) is 6.20 Å². The highest BCUT2D eigenvalue weighted by molar-refractivity contribution is 5.78. The zero-order chi connectivity index (χ0) is 21.3. The lowest BCUT2D eigenvalue weighted by Crippen LogP contribution is -2.46. The van der Waals surface area contributed by atoms with Crippen molar-refractivity contribution >= 4 is 10.9 Å². The van der Waals surface area contributed by atoms with E-state index in [0.717, 1.165) is 48.1 Å². The van der Waals surface area contributed by atoms with Gasteiger partial charge in [-0.1, -0.05) is 30.3 Å². The molecule has 5 nitrogen and oxygen atoms in total. The van der Waals surface area contributed by atoms with Crippen molar-refractivity contribution in [3.63, 3.8) is 0 Å². The van der Waals surface area contributed by atoms with Gasteiger partial charge in [-0.15, -0.1) is 0 Å². The molecule has 1 saturated heterocycles. The van der Waals surface area contributed by atoms with Crippen LogP contribution in [0.2, 0.25) is 0 Å². The number of fused-ring (bicyclic) bond motifs is 2. The van der Waals surface area contributed by atoms with Crippen LogP contribution in [-0.2, 0) is 18.4 Å². The maximum atomic E-state index is 11.2. The Labute approximate surface area is 183 Å². The maximum Gasteiger partial charge on any atom is 0.122 e. The smallest absolute Gasteiger partial charge is 0.122 e. The fourth-order valence-electron chi connectivity index (χ4n) is 4.98. The molecule has 1 atom stereocenters. The number of rotatable bonds is 6. The first-order valence-electron chi connectivity index (χ1n) is 11.3. The van der Waals surface area contributed by atoms with Gasteiger partial charge in [-0.2, -0.15) is 0 Å². The van der Waals surface area contributed by atoms with E-state index in [9.17, 15) is 10.2 Å². The number of aromatic nitrogens is 1. The molecule has 1 aliphatic heterocycles. The summed E-state index contributed by atoms with van der Waals surface area (Å²) in [5.74, 6) is 0.922. The summed E-state index contributed by atoms with van der Waals surface area (Å²) in [6.07, 6.45) is 5.89. The van der Waals surface area contributed by atoms with Crippen molar-refractivity contribution < 1.29 is 14.9 Å². The molecule has 31 heavy (non-hydrogen) atoms. The molecule has 162 valence electrons. The number of nitrogens with zero attached hydrogens (tertiary/aromatic N) is 2. The number of hydrogen-bond donors (Lipinski definition) is 2. The number of ether oxygens (including phenoxy) is 1. The zero-order valence-electron chi connectivity index (χ0n) is 17.8. The maximum absolute atomic E-state index is 11.2. The van der Waals surface area contributed by atoms with Crippen LogP contribution in [0.1, 0.15) is 36.0 Å². The predicted molar refractivity (Wildman–Crippen MR) is 121 cm³/mol. The van der Waals surface area contributed by atoms with Crippen LogP contribution >= 0.6 is 0 Å². The molecule has 0 radical (unpaired) electrons. The molecule has 0 spiro atoms. The molecule has 1 fully saturated rings. The Morgan fingerprint density at radius 1 is 1.06 bits per heavy atom. The highest BCUT2D eigenvalue weighted by Crippen LogP contribution is 2.34. The van der Waals surface area contributed by atoms with E-state index in [0.29, 0.717) is 26.0 Å². The standard InChI is InChI=1S/C26H30N2O3/c29-22(18-31-25-10-4-7-19-6-3-8-23(19)25)17-28-13-11-26(30,12-14-28)21-15-20-5-1-2-9-24(20)27-16-21/h1-2,4-5,7,9-10,15-16,22,29-30H,3,6,8,11-14,17-18H2/t22-/m0/s1. The van der Waals surface area contributed by atoms with E-state index in [2.05, 4.69) is 22.0 Å². The topological polar surface area (TPSA) is 65.8 Å². The lowest BCUT2D eigenvalue weighted by Gasteiger charge is -2.39. The third kappa shape index (κ3) is 4.31. The molecular formula is C26H30N2O3. The zero-order valence-corrected chi connectivity index (χ0v) is 17.8. The van der Waals surface area contributed by atoms with E-state index in [1.807, 2.05) is 36.4 Å². The Morgan fingerprint density at radius 3 is 2.77 bits per heavy atom. The summed E-state index contributed by atoms with van der Waals surface area (Å²) >= 11 is 0. The fourth-order valence-corrected chi connectivity index (χ4v) is 4.98. The molecule has 1 aromatic heterocycles. The van der Waals surface area contributed by atoms with Crippen LogP contribution in [0.15, 0.2) is 54.7 Å². The summed E-state index contributed by atoms with van der Waals surface area (Å²) < 4.78 is 5.97. The molecule has 2 heterocycles. The highest BCUT2D eigenvalue weighted by Gasteiger charge is 2.35. The van der Waals surface area contributed by atoms with Crippen LogP contribution in [0.5, 0.6) is 5.75 Å². The minimum atomic E-state index is -0.862. The molecule has 2 aliphatic rings. The molecule has 1 aliphatic carbocycles. The van der Waals surface area contributed by atoms with E-state index in [1.165, 1.54) is 17.5 Å². The van der Waals surface area contributed by atoms with Gasteiger partial charge in [-0.05, 0) is 61.4 Å². The number of para-hydroxylation sites is 1. The van der Waals surface area contributed by atoms with Crippen LogP contribution in [0.3, 0.4) is 0 Å². The van der Waals surface area contributed by atoms with Gasteiger partial charge in [0.1, 0.15) is 18.5 Å². The summed E-state index contributed by atoms with van der Waals surface area (Å²) in [7, 11) is 0. The van der Waals surface area contributed by atoms with E-state index < -0.39 is 11.7 Å². The highest BCUT2D eigenvalue weighted by atomic mass is 16.5. The summed E-state index contributed by atoms with van der Waals surface area (Å²) in [5.41, 5.74) is 3.65. The van der Waals surface area contributed by atoms with Crippen molar-refractivity contribution in [1.82, 2.24) is 9.88 Å². The van der Waals surface area contributed by atoms with Crippen molar-refractivity contribution in [2.45, 2.75) is 43.8 Å². The normalized spacial score (nSPS) is 19.3. The van der Waals surface area contributed by atoms with Crippen LogP contribution < -0.4 is 4.74 Å². The number of hydrogen-bond acceptors (Lipinski definition) is 5. The van der Waals surface area contributed by atoms with Gasteiger partial charge in [0.2, 0.25) is 0 Å². The average Bonchev–Trinajstić information content (AvgIpc) is 3.28. The molecule has 5 heteroatoms. The second-order valence-electron chi connectivity index (χ2n) is 8.96. The molecule has 5 rings (SSSR count). The Morgan fingerprint density at radius 2 is 1.90 bits per heavy atom. The monoisotopic (exact) mass is 418 g/mol. The number of aliphatic hydroxyl groups is 2. The SMILES string of the molecule is O[C@H](COc1cccc2c1CCC2)CN1CCC(O)(c2cnc3ccccc3c2)CC1. The first-order chi connectivity index (χ1) is 15.1. The van der Waals surface area contributed by atoms with Gasteiger partial charge in [0.15, 0.2) is 0 Å². The predicted octanol–water partition coefficient (Wildman–Crippen LogP) is 3.45. The van der Waals surface area contributed by atoms with Gasteiger partial charge >= 0.3 is 0 Å². The molecule has 2 N–H and O–H groups in total. The first-order valence-corrected chi connectivity index (χ1v) is 11.3. The van der Waals surface area contributed by atoms with Gasteiger partial charge in [0.25, 0.3) is 0 Å². The second-order valence-corrected chi connectivity index (χ2v) is 8.96. The van der Waals surface area contributed by atoms with Gasteiger partial charge in [0, 0.05) is 36.8 Å². The number of pyridine rings is 1. The third-order valence-electron chi connectivity index (χ3n) is 6.81. The fraction of sp³-hybridized carbons (Fsp3) is 0.423. The lowest BCUT2D eigenvalue weighted by molar-refractivity contribution is -0.0373. The van der Waals surface area contributed by atoms with Gasteiger partial charge in [-0.25, -0.2) is 0 Å². The average molecular weight is 419 g/mol. The van der Waals surface area contributed by atoms with Gasteiger partial charge in [-0.3, -0.25) is 4.98 Å². The molecule has 0 amide bonds. The van der Waals surface area contributed by atoms with Crippen LogP contribution in [0, 0.1) is 0 Å². The quantitative estimate of drug-likeness (QED) is 0.642. The van der Waals surface area contributed by atoms with Crippen molar-refractivity contribution in [3.8, 4) is 5.75 Å². The third-order valence-corrected chi connectivity index (χ3v) is 6.81. The number of β-amino-alcohol motifs (C(OH)–C–C–N with tert-alkyl or cyclic N) is 1. The van der Waals surface area contributed by atoms with Crippen molar-refractivity contribution in [3.05, 3.63) is 71.4 Å². The Bertz CT molecular complexity index is 1060. The number of aliphatic hydroxyl groups excluding tert-OH is 1. The minimum absolute atomic E-state index is 0.297.